The molecule has 0 aromatic heterocycles. The van der Waals surface area contributed by atoms with Crippen LogP contribution in [0.5, 0.6) is 5.75 Å². The first-order valence-corrected chi connectivity index (χ1v) is 5.70. The van der Waals surface area contributed by atoms with E-state index in [1.807, 2.05) is 25.9 Å². The summed E-state index contributed by atoms with van der Waals surface area (Å²) in [5.74, 6) is 0.289. The quantitative estimate of drug-likeness (QED) is 0.615. The van der Waals surface area contributed by atoms with Gasteiger partial charge in [-0.3, -0.25) is 10.1 Å². The highest BCUT2D eigenvalue weighted by atomic mass is 16.6. The lowest BCUT2D eigenvalue weighted by Gasteiger charge is -2.21. The zero-order valence-electron chi connectivity index (χ0n) is 11.2. The Kier molecular flexibility index (Phi) is 4.91. The van der Waals surface area contributed by atoms with E-state index >= 15 is 0 Å². The van der Waals surface area contributed by atoms with Gasteiger partial charge in [0, 0.05) is 38.0 Å². The predicted molar refractivity (Wildman–Crippen MR) is 71.6 cm³/mol. The molecule has 0 heterocycles. The van der Waals surface area contributed by atoms with Crippen LogP contribution in [0.1, 0.15) is 5.56 Å². The number of aryl methyl sites for hydroxylation is 1. The van der Waals surface area contributed by atoms with Gasteiger partial charge in [0.2, 0.25) is 0 Å². The van der Waals surface area contributed by atoms with E-state index in [9.17, 15) is 10.1 Å². The molecular weight excluding hydrogens is 234 g/mol. The number of nitrogens with one attached hydrogen (secondary N) is 1. The Morgan fingerprint density at radius 1 is 1.50 bits per heavy atom. The van der Waals surface area contributed by atoms with E-state index in [1.165, 1.54) is 7.11 Å². The molecule has 0 fully saturated rings. The van der Waals surface area contributed by atoms with Crippen molar-refractivity contribution in [3.8, 4) is 5.75 Å². The summed E-state index contributed by atoms with van der Waals surface area (Å²) in [6.45, 7) is 3.52. The van der Waals surface area contributed by atoms with Gasteiger partial charge in [-0.15, -0.1) is 0 Å². The molecular formula is C12H19N3O3. The second kappa shape index (κ2) is 6.20. The summed E-state index contributed by atoms with van der Waals surface area (Å²) in [5.41, 5.74) is 1.80. The Morgan fingerprint density at radius 3 is 2.67 bits per heavy atom. The van der Waals surface area contributed by atoms with E-state index in [4.69, 9.17) is 4.74 Å². The minimum absolute atomic E-state index is 0.000710. The highest BCUT2D eigenvalue weighted by Crippen LogP contribution is 2.34. The average Bonchev–Trinajstić information content (AvgIpc) is 2.35. The number of likely N-dealkylation sites (N-methyl/N-ethyl adjacent to an activating group) is 2. The van der Waals surface area contributed by atoms with Crippen LogP contribution in [0, 0.1) is 17.0 Å². The molecule has 0 unspecified atom stereocenters. The van der Waals surface area contributed by atoms with Crippen molar-refractivity contribution in [1.82, 2.24) is 5.32 Å². The Hall–Kier alpha value is -1.82. The average molecular weight is 253 g/mol. The topological polar surface area (TPSA) is 67.6 Å². The maximum Gasteiger partial charge on any atom is 0.311 e. The molecule has 0 radical (unpaired) electrons. The first-order chi connectivity index (χ1) is 8.51. The third-order valence-corrected chi connectivity index (χ3v) is 2.80. The number of hydrogen-bond donors (Lipinski definition) is 1. The van der Waals surface area contributed by atoms with Gasteiger partial charge in [0.1, 0.15) is 0 Å². The monoisotopic (exact) mass is 253 g/mol. The molecule has 18 heavy (non-hydrogen) atoms. The van der Waals surface area contributed by atoms with Gasteiger partial charge in [-0.05, 0) is 19.5 Å². The van der Waals surface area contributed by atoms with Crippen LogP contribution in [0.15, 0.2) is 12.1 Å². The smallest absolute Gasteiger partial charge is 0.311 e. The molecule has 0 saturated carbocycles. The fraction of sp³-hybridized carbons (Fsp3) is 0.500. The van der Waals surface area contributed by atoms with Gasteiger partial charge in [0.15, 0.2) is 5.75 Å². The highest BCUT2D eigenvalue weighted by Gasteiger charge is 2.18. The number of nitrogens with zero attached hydrogens (tertiary/aromatic N) is 2. The minimum Gasteiger partial charge on any atom is -0.490 e. The molecule has 0 aliphatic carbocycles. The predicted octanol–water partition coefficient (Wildman–Crippen LogP) is 1.57. The normalized spacial score (nSPS) is 10.2. The zero-order chi connectivity index (χ0) is 13.7. The molecule has 1 N–H and O–H groups in total. The van der Waals surface area contributed by atoms with Crippen LogP contribution in [-0.2, 0) is 0 Å². The number of ether oxygens (including phenoxy) is 1. The Bertz CT molecular complexity index is 435. The van der Waals surface area contributed by atoms with E-state index in [0.29, 0.717) is 0 Å². The highest BCUT2D eigenvalue weighted by molar-refractivity contribution is 5.63. The molecule has 1 aromatic carbocycles. The minimum atomic E-state index is -0.427. The number of rotatable bonds is 6. The molecule has 0 amide bonds. The van der Waals surface area contributed by atoms with Gasteiger partial charge in [0.05, 0.1) is 12.0 Å². The largest absolute Gasteiger partial charge is 0.490 e. The van der Waals surface area contributed by atoms with Crippen LogP contribution >= 0.6 is 0 Å². The summed E-state index contributed by atoms with van der Waals surface area (Å²) in [6.07, 6.45) is 0. The number of nitro benzene ring substituents is 1. The van der Waals surface area contributed by atoms with Gasteiger partial charge >= 0.3 is 5.69 Å². The summed E-state index contributed by atoms with van der Waals surface area (Å²) >= 11 is 0. The lowest BCUT2D eigenvalue weighted by atomic mass is 10.1. The second-order valence-electron chi connectivity index (χ2n) is 4.09. The number of methoxy groups -OCH3 is 1. The van der Waals surface area contributed by atoms with Crippen molar-refractivity contribution in [3.05, 3.63) is 27.8 Å². The first-order valence-electron chi connectivity index (χ1n) is 5.70. The summed E-state index contributed by atoms with van der Waals surface area (Å²) in [7, 11) is 5.27. The van der Waals surface area contributed by atoms with Gasteiger partial charge in [-0.1, -0.05) is 0 Å². The Balaban J connectivity index is 3.10. The molecule has 1 rings (SSSR count). The van der Waals surface area contributed by atoms with Crippen molar-refractivity contribution >= 4 is 11.4 Å². The van der Waals surface area contributed by atoms with Crippen molar-refractivity contribution in [2.75, 3.05) is 39.2 Å². The summed E-state index contributed by atoms with van der Waals surface area (Å²) in [4.78, 5) is 12.5. The molecule has 1 aromatic rings. The zero-order valence-corrected chi connectivity index (χ0v) is 11.2. The fourth-order valence-corrected chi connectivity index (χ4v) is 1.78. The van der Waals surface area contributed by atoms with E-state index in [0.717, 1.165) is 24.3 Å². The van der Waals surface area contributed by atoms with Crippen LogP contribution in [0.2, 0.25) is 0 Å². The number of anilines is 1. The third kappa shape index (κ3) is 3.10. The summed E-state index contributed by atoms with van der Waals surface area (Å²) in [6, 6.07) is 3.26. The van der Waals surface area contributed by atoms with Crippen molar-refractivity contribution in [3.63, 3.8) is 0 Å². The summed E-state index contributed by atoms with van der Waals surface area (Å²) < 4.78 is 5.07. The Morgan fingerprint density at radius 2 is 2.17 bits per heavy atom. The summed E-state index contributed by atoms with van der Waals surface area (Å²) in [5, 5.41) is 14.0. The number of benzene rings is 1. The van der Waals surface area contributed by atoms with Crippen LogP contribution in [0.3, 0.4) is 0 Å². The van der Waals surface area contributed by atoms with Gasteiger partial charge in [0.25, 0.3) is 0 Å². The number of hydrogen-bond acceptors (Lipinski definition) is 5. The molecule has 0 bridgehead atoms. The lowest BCUT2D eigenvalue weighted by Crippen LogP contribution is -2.27. The van der Waals surface area contributed by atoms with Gasteiger partial charge in [-0.2, -0.15) is 0 Å². The molecule has 0 atom stereocenters. The van der Waals surface area contributed by atoms with Gasteiger partial charge < -0.3 is 15.0 Å². The molecule has 100 valence electrons. The van der Waals surface area contributed by atoms with Crippen LogP contribution < -0.4 is 15.0 Å². The van der Waals surface area contributed by atoms with Crippen molar-refractivity contribution in [2.45, 2.75) is 6.92 Å². The van der Waals surface area contributed by atoms with Crippen molar-refractivity contribution < 1.29 is 9.66 Å². The molecule has 6 nitrogen and oxygen atoms in total. The third-order valence-electron chi connectivity index (χ3n) is 2.80. The van der Waals surface area contributed by atoms with Crippen molar-refractivity contribution in [2.24, 2.45) is 0 Å². The van der Waals surface area contributed by atoms with Crippen LogP contribution in [0.4, 0.5) is 11.4 Å². The lowest BCUT2D eigenvalue weighted by molar-refractivity contribution is -0.385. The molecule has 0 spiro atoms. The van der Waals surface area contributed by atoms with Crippen molar-refractivity contribution in [1.29, 1.82) is 0 Å². The molecule has 0 aliphatic rings. The fourth-order valence-electron chi connectivity index (χ4n) is 1.78. The Labute approximate surface area is 107 Å². The first kappa shape index (κ1) is 14.2. The second-order valence-corrected chi connectivity index (χ2v) is 4.09. The maximum absolute atomic E-state index is 10.9. The standard InChI is InChI=1S/C12H19N3O3/c1-9-7-11(15(16)17)12(18-4)8-10(9)14(3)6-5-13-2/h7-8,13H,5-6H2,1-4H3. The van der Waals surface area contributed by atoms with E-state index in [1.54, 1.807) is 12.1 Å². The molecule has 6 heteroatoms. The van der Waals surface area contributed by atoms with Gasteiger partial charge in [-0.25, -0.2) is 0 Å². The van der Waals surface area contributed by atoms with Crippen LogP contribution in [-0.4, -0.2) is 39.2 Å². The van der Waals surface area contributed by atoms with Crippen LogP contribution in [0.25, 0.3) is 0 Å². The van der Waals surface area contributed by atoms with E-state index in [2.05, 4.69) is 5.32 Å². The van der Waals surface area contributed by atoms with E-state index < -0.39 is 4.92 Å². The molecule has 0 saturated heterocycles. The molecule has 0 aliphatic heterocycles. The SMILES string of the molecule is CNCCN(C)c1cc(OC)c([N+](=O)[O-])cc1C. The number of nitro groups is 1. The maximum atomic E-state index is 10.9. The van der Waals surface area contributed by atoms with E-state index in [-0.39, 0.29) is 11.4 Å².